The van der Waals surface area contributed by atoms with E-state index in [9.17, 15) is 8.78 Å². The first-order valence-corrected chi connectivity index (χ1v) is 4.80. The predicted molar refractivity (Wildman–Crippen MR) is 50.9 cm³/mol. The number of benzene rings is 1. The van der Waals surface area contributed by atoms with Crippen molar-refractivity contribution in [2.45, 2.75) is 25.3 Å². The van der Waals surface area contributed by atoms with Crippen LogP contribution in [0.5, 0.6) is 0 Å². The Bertz CT molecular complexity index is 349. The Labute approximate surface area is 81.9 Å². The van der Waals surface area contributed by atoms with Crippen molar-refractivity contribution in [2.75, 3.05) is 0 Å². The highest BCUT2D eigenvalue weighted by molar-refractivity contribution is 5.28. The van der Waals surface area contributed by atoms with Crippen LogP contribution in [0.4, 0.5) is 8.78 Å². The average Bonchev–Trinajstić information content (AvgIpc) is 2.83. The third kappa shape index (κ3) is 1.64. The molecule has 1 nitrogen and oxygen atoms in total. The summed E-state index contributed by atoms with van der Waals surface area (Å²) >= 11 is 0. The lowest BCUT2D eigenvalue weighted by molar-refractivity contribution is 0.563. The molecule has 0 amide bonds. The highest BCUT2D eigenvalue weighted by atomic mass is 19.1. The molecule has 1 aromatic carbocycles. The zero-order chi connectivity index (χ0) is 10.3. The molecule has 1 aliphatic carbocycles. The van der Waals surface area contributed by atoms with E-state index in [1.54, 1.807) is 0 Å². The highest BCUT2D eigenvalue weighted by Gasteiger charge is 2.42. The number of halogens is 2. The zero-order valence-corrected chi connectivity index (χ0v) is 8.00. The van der Waals surface area contributed by atoms with Gasteiger partial charge in [-0.25, -0.2) is 8.78 Å². The van der Waals surface area contributed by atoms with Crippen molar-refractivity contribution < 1.29 is 8.78 Å². The van der Waals surface area contributed by atoms with Gasteiger partial charge in [0.05, 0.1) is 0 Å². The summed E-state index contributed by atoms with van der Waals surface area (Å²) in [4.78, 5) is 0. The van der Waals surface area contributed by atoms with E-state index in [0.29, 0.717) is 11.5 Å². The molecular formula is C11H13F2N. The molecule has 0 aliphatic heterocycles. The molecule has 3 heteroatoms. The minimum absolute atomic E-state index is 0.0875. The van der Waals surface area contributed by atoms with Crippen LogP contribution in [0.2, 0.25) is 0 Å². The summed E-state index contributed by atoms with van der Waals surface area (Å²) in [7, 11) is 0. The quantitative estimate of drug-likeness (QED) is 0.774. The molecule has 1 saturated carbocycles. The second-order valence-electron chi connectivity index (χ2n) is 4.03. The van der Waals surface area contributed by atoms with E-state index >= 15 is 0 Å². The molecule has 1 aromatic rings. The molecule has 14 heavy (non-hydrogen) atoms. The highest BCUT2D eigenvalue weighted by Crippen LogP contribution is 2.49. The fourth-order valence-corrected chi connectivity index (χ4v) is 1.96. The molecule has 0 unspecified atom stereocenters. The molecule has 0 saturated heterocycles. The van der Waals surface area contributed by atoms with Gasteiger partial charge in [0.2, 0.25) is 0 Å². The Morgan fingerprint density at radius 1 is 1.43 bits per heavy atom. The molecule has 0 bridgehead atoms. The van der Waals surface area contributed by atoms with Crippen molar-refractivity contribution in [3.63, 3.8) is 0 Å². The van der Waals surface area contributed by atoms with Gasteiger partial charge in [-0.3, -0.25) is 0 Å². The minimum Gasteiger partial charge on any atom is -0.328 e. The summed E-state index contributed by atoms with van der Waals surface area (Å²) in [6.07, 6.45) is 0.917. The number of rotatable bonds is 2. The van der Waals surface area contributed by atoms with E-state index < -0.39 is 11.6 Å². The second-order valence-corrected chi connectivity index (χ2v) is 4.03. The Morgan fingerprint density at radius 2 is 2.14 bits per heavy atom. The summed E-state index contributed by atoms with van der Waals surface area (Å²) in [6, 6.07) is 3.85. The van der Waals surface area contributed by atoms with Crippen molar-refractivity contribution in [2.24, 2.45) is 11.7 Å². The molecule has 0 radical (unpaired) electrons. The van der Waals surface area contributed by atoms with Crippen molar-refractivity contribution >= 4 is 0 Å². The molecular weight excluding hydrogens is 184 g/mol. The largest absolute Gasteiger partial charge is 0.328 e. The molecule has 0 spiro atoms. The first kappa shape index (κ1) is 9.59. The second kappa shape index (κ2) is 3.31. The summed E-state index contributed by atoms with van der Waals surface area (Å²) in [6.45, 7) is 1.92. The Hall–Kier alpha value is -0.960. The van der Waals surface area contributed by atoms with Gasteiger partial charge < -0.3 is 5.73 Å². The van der Waals surface area contributed by atoms with Crippen molar-refractivity contribution in [3.05, 3.63) is 35.4 Å². The van der Waals surface area contributed by atoms with E-state index in [-0.39, 0.29) is 12.0 Å². The van der Waals surface area contributed by atoms with Gasteiger partial charge in [-0.1, -0.05) is 6.07 Å². The number of hydrogen-bond donors (Lipinski definition) is 1. The van der Waals surface area contributed by atoms with E-state index in [2.05, 4.69) is 0 Å². The van der Waals surface area contributed by atoms with Crippen molar-refractivity contribution in [1.29, 1.82) is 0 Å². The van der Waals surface area contributed by atoms with E-state index in [0.717, 1.165) is 12.5 Å². The Morgan fingerprint density at radius 3 is 2.64 bits per heavy atom. The molecule has 2 rings (SSSR count). The maximum absolute atomic E-state index is 13.3. The topological polar surface area (TPSA) is 26.0 Å². The van der Waals surface area contributed by atoms with E-state index in [4.69, 9.17) is 5.73 Å². The molecule has 3 atom stereocenters. The minimum atomic E-state index is -0.524. The number of hydrogen-bond acceptors (Lipinski definition) is 1. The summed E-state index contributed by atoms with van der Waals surface area (Å²) in [5.41, 5.74) is 6.31. The fourth-order valence-electron chi connectivity index (χ4n) is 1.96. The maximum Gasteiger partial charge on any atom is 0.129 e. The van der Waals surface area contributed by atoms with Gasteiger partial charge in [0.25, 0.3) is 0 Å². The van der Waals surface area contributed by atoms with Crippen LogP contribution in [-0.4, -0.2) is 6.04 Å². The lowest BCUT2D eigenvalue weighted by Gasteiger charge is -2.05. The molecule has 0 aromatic heterocycles. The van der Waals surface area contributed by atoms with Gasteiger partial charge in [-0.15, -0.1) is 0 Å². The van der Waals surface area contributed by atoms with Crippen LogP contribution >= 0.6 is 0 Å². The maximum atomic E-state index is 13.3. The molecule has 1 fully saturated rings. The summed E-state index contributed by atoms with van der Waals surface area (Å²) < 4.78 is 25.9. The normalized spacial score (nSPS) is 27.4. The monoisotopic (exact) mass is 197 g/mol. The predicted octanol–water partition coefficient (Wildman–Crippen LogP) is 2.42. The standard InChI is InChI=1S/C11H13F2N/c1-6(14)9-5-10(9)8-3-2-7(12)4-11(8)13/h2-4,6,9-10H,5,14H2,1H3/t6-,9-,10-/m1/s1. The summed E-state index contributed by atoms with van der Waals surface area (Å²) in [5, 5.41) is 0. The molecule has 1 aliphatic rings. The van der Waals surface area contributed by atoms with Gasteiger partial charge >= 0.3 is 0 Å². The van der Waals surface area contributed by atoms with E-state index in [1.807, 2.05) is 6.92 Å². The summed E-state index contributed by atoms with van der Waals surface area (Å²) in [5.74, 6) is -0.423. The van der Waals surface area contributed by atoms with Gasteiger partial charge in [0.1, 0.15) is 11.6 Å². The van der Waals surface area contributed by atoms with Crippen molar-refractivity contribution in [1.82, 2.24) is 0 Å². The van der Waals surface area contributed by atoms with Gasteiger partial charge in [-0.05, 0) is 36.8 Å². The SMILES string of the molecule is C[C@@H](N)[C@H]1C[C@@H]1c1ccc(F)cc1F. The van der Waals surface area contributed by atoms with E-state index in [1.165, 1.54) is 12.1 Å². The lowest BCUT2D eigenvalue weighted by Crippen LogP contribution is -2.18. The Balaban J connectivity index is 2.19. The van der Waals surface area contributed by atoms with Crippen molar-refractivity contribution in [3.8, 4) is 0 Å². The van der Waals surface area contributed by atoms with Gasteiger partial charge in [0, 0.05) is 12.1 Å². The van der Waals surface area contributed by atoms with Gasteiger partial charge in [-0.2, -0.15) is 0 Å². The first-order chi connectivity index (χ1) is 6.59. The average molecular weight is 197 g/mol. The Kier molecular flexibility index (Phi) is 2.27. The third-order valence-corrected chi connectivity index (χ3v) is 2.88. The van der Waals surface area contributed by atoms with Gasteiger partial charge in [0.15, 0.2) is 0 Å². The molecule has 76 valence electrons. The number of nitrogens with two attached hydrogens (primary N) is 1. The first-order valence-electron chi connectivity index (χ1n) is 4.80. The molecule has 0 heterocycles. The van der Waals surface area contributed by atoms with Crippen LogP contribution < -0.4 is 5.73 Å². The van der Waals surface area contributed by atoms with Crippen LogP contribution in [0.25, 0.3) is 0 Å². The molecule has 2 N–H and O–H groups in total. The smallest absolute Gasteiger partial charge is 0.129 e. The zero-order valence-electron chi connectivity index (χ0n) is 8.00. The lowest BCUT2D eigenvalue weighted by atomic mass is 10.1. The fraction of sp³-hybridized carbons (Fsp3) is 0.455. The van der Waals surface area contributed by atoms with Crippen LogP contribution in [-0.2, 0) is 0 Å². The van der Waals surface area contributed by atoms with Crippen LogP contribution in [0.1, 0.15) is 24.8 Å². The van der Waals surface area contributed by atoms with Crippen LogP contribution in [0.15, 0.2) is 18.2 Å². The third-order valence-electron chi connectivity index (χ3n) is 2.88. The van der Waals surface area contributed by atoms with Crippen LogP contribution in [0, 0.1) is 17.6 Å². The van der Waals surface area contributed by atoms with Crippen LogP contribution in [0.3, 0.4) is 0 Å².